The summed E-state index contributed by atoms with van der Waals surface area (Å²) in [4.78, 5) is 24.9. The van der Waals surface area contributed by atoms with Crippen molar-refractivity contribution in [2.24, 2.45) is 0 Å². The van der Waals surface area contributed by atoms with Gasteiger partial charge in [0.25, 0.3) is 5.56 Å². The first-order valence-electron chi connectivity index (χ1n) is 9.09. The fourth-order valence-corrected chi connectivity index (χ4v) is 3.60. The van der Waals surface area contributed by atoms with Crippen molar-refractivity contribution in [3.63, 3.8) is 0 Å². The van der Waals surface area contributed by atoms with E-state index in [1.165, 1.54) is 18.2 Å². The summed E-state index contributed by atoms with van der Waals surface area (Å²) in [7, 11) is 1.30. The Morgan fingerprint density at radius 3 is 2.68 bits per heavy atom. The van der Waals surface area contributed by atoms with Crippen LogP contribution in [-0.2, 0) is 22.6 Å². The maximum absolute atomic E-state index is 13.2. The predicted octanol–water partition coefficient (Wildman–Crippen LogP) is 3.19. The Bertz CT molecular complexity index is 1270. The van der Waals surface area contributed by atoms with Gasteiger partial charge in [-0.3, -0.25) is 9.59 Å². The van der Waals surface area contributed by atoms with Crippen LogP contribution in [-0.4, -0.2) is 27.4 Å². The molecule has 0 fully saturated rings. The van der Waals surface area contributed by atoms with Crippen LogP contribution in [0.25, 0.3) is 21.8 Å². The van der Waals surface area contributed by atoms with Crippen molar-refractivity contribution >= 4 is 27.8 Å². The molecule has 6 nitrogen and oxygen atoms in total. The largest absolute Gasteiger partial charge is 0.468 e. The second-order valence-corrected chi connectivity index (χ2v) is 6.98. The van der Waals surface area contributed by atoms with E-state index in [-0.39, 0.29) is 12.1 Å². The van der Waals surface area contributed by atoms with Crippen LogP contribution in [0.15, 0.2) is 53.5 Å². The average Bonchev–Trinajstić information content (AvgIpc) is 3.01. The van der Waals surface area contributed by atoms with Crippen molar-refractivity contribution in [2.75, 3.05) is 7.11 Å². The summed E-state index contributed by atoms with van der Waals surface area (Å²) in [5.74, 6) is -0.508. The third-order valence-corrected chi connectivity index (χ3v) is 5.11. The second kappa shape index (κ2) is 6.96. The van der Waals surface area contributed by atoms with E-state index in [9.17, 15) is 9.59 Å². The molecule has 0 saturated heterocycles. The SMILES string of the molecule is COC(=O)Cn1ncc2c3ccccc3n(Cc3cc(C)ccc3C)c2c1=O. The van der Waals surface area contributed by atoms with Crippen LogP contribution in [0, 0.1) is 13.8 Å². The van der Waals surface area contributed by atoms with E-state index < -0.39 is 5.97 Å². The first kappa shape index (κ1) is 18.0. The summed E-state index contributed by atoms with van der Waals surface area (Å²) in [6.07, 6.45) is 1.65. The van der Waals surface area contributed by atoms with Crippen LogP contribution in [0.3, 0.4) is 0 Å². The van der Waals surface area contributed by atoms with Gasteiger partial charge in [-0.25, -0.2) is 4.68 Å². The molecule has 0 aliphatic heterocycles. The summed E-state index contributed by atoms with van der Waals surface area (Å²) >= 11 is 0. The standard InChI is InChI=1S/C22H21N3O3/c1-14-8-9-15(2)16(10-14)12-24-19-7-5-4-6-17(19)18-11-23-25(13-20(26)28-3)22(27)21(18)24/h4-11H,12-13H2,1-3H3. The van der Waals surface area contributed by atoms with E-state index in [1.807, 2.05) is 28.8 Å². The smallest absolute Gasteiger partial charge is 0.327 e. The number of rotatable bonds is 4. The molecule has 0 amide bonds. The van der Waals surface area contributed by atoms with E-state index in [2.05, 4.69) is 41.9 Å². The third kappa shape index (κ3) is 2.97. The lowest BCUT2D eigenvalue weighted by Crippen LogP contribution is -2.28. The summed E-state index contributed by atoms with van der Waals surface area (Å²) in [5.41, 5.74) is 4.70. The van der Waals surface area contributed by atoms with Gasteiger partial charge in [0, 0.05) is 22.8 Å². The molecule has 4 aromatic rings. The highest BCUT2D eigenvalue weighted by Crippen LogP contribution is 2.27. The van der Waals surface area contributed by atoms with Gasteiger partial charge in [-0.1, -0.05) is 42.0 Å². The Labute approximate surface area is 162 Å². The molecular weight excluding hydrogens is 354 g/mol. The zero-order valence-electron chi connectivity index (χ0n) is 16.1. The van der Waals surface area contributed by atoms with Gasteiger partial charge in [0.2, 0.25) is 0 Å². The Kier molecular flexibility index (Phi) is 4.47. The number of aryl methyl sites for hydroxylation is 2. The van der Waals surface area contributed by atoms with Crippen LogP contribution >= 0.6 is 0 Å². The number of nitrogens with zero attached hydrogens (tertiary/aromatic N) is 3. The van der Waals surface area contributed by atoms with Crippen LogP contribution in [0.5, 0.6) is 0 Å². The minimum Gasteiger partial charge on any atom is -0.468 e. The van der Waals surface area contributed by atoms with E-state index in [1.54, 1.807) is 6.20 Å². The molecule has 4 rings (SSSR count). The molecule has 0 atom stereocenters. The number of hydrogen-bond acceptors (Lipinski definition) is 4. The summed E-state index contributed by atoms with van der Waals surface area (Å²) in [6.45, 7) is 4.48. The summed E-state index contributed by atoms with van der Waals surface area (Å²) < 4.78 is 7.87. The summed E-state index contributed by atoms with van der Waals surface area (Å²) in [6, 6.07) is 14.2. The van der Waals surface area contributed by atoms with Gasteiger partial charge in [-0.2, -0.15) is 5.10 Å². The Morgan fingerprint density at radius 2 is 1.89 bits per heavy atom. The van der Waals surface area contributed by atoms with Gasteiger partial charge in [0.05, 0.1) is 13.3 Å². The fraction of sp³-hybridized carbons (Fsp3) is 0.227. The predicted molar refractivity (Wildman–Crippen MR) is 109 cm³/mol. The maximum Gasteiger partial charge on any atom is 0.327 e. The molecular formula is C22H21N3O3. The Hall–Kier alpha value is -3.41. The minimum absolute atomic E-state index is 0.212. The third-order valence-electron chi connectivity index (χ3n) is 5.11. The number of methoxy groups -OCH3 is 1. The van der Waals surface area contributed by atoms with Gasteiger partial charge in [-0.05, 0) is 31.0 Å². The molecule has 2 aromatic carbocycles. The molecule has 2 heterocycles. The van der Waals surface area contributed by atoms with Gasteiger partial charge < -0.3 is 9.30 Å². The number of hydrogen-bond donors (Lipinski definition) is 0. The minimum atomic E-state index is -0.508. The van der Waals surface area contributed by atoms with E-state index >= 15 is 0 Å². The molecule has 28 heavy (non-hydrogen) atoms. The van der Waals surface area contributed by atoms with Crippen molar-refractivity contribution in [1.82, 2.24) is 14.3 Å². The first-order chi connectivity index (χ1) is 13.5. The normalized spacial score (nSPS) is 11.2. The van der Waals surface area contributed by atoms with Crippen LogP contribution in [0.1, 0.15) is 16.7 Å². The highest BCUT2D eigenvalue weighted by atomic mass is 16.5. The van der Waals surface area contributed by atoms with E-state index in [4.69, 9.17) is 0 Å². The molecule has 0 spiro atoms. The van der Waals surface area contributed by atoms with E-state index in [0.29, 0.717) is 12.1 Å². The number of fused-ring (bicyclic) bond motifs is 3. The van der Waals surface area contributed by atoms with Crippen molar-refractivity contribution in [3.8, 4) is 0 Å². The van der Waals surface area contributed by atoms with Crippen molar-refractivity contribution in [1.29, 1.82) is 0 Å². The lowest BCUT2D eigenvalue weighted by Gasteiger charge is -2.11. The highest BCUT2D eigenvalue weighted by Gasteiger charge is 2.17. The molecule has 0 aliphatic carbocycles. The summed E-state index contributed by atoms with van der Waals surface area (Å²) in [5, 5.41) is 5.94. The topological polar surface area (TPSA) is 66.1 Å². The van der Waals surface area contributed by atoms with Gasteiger partial charge in [0.15, 0.2) is 0 Å². The monoisotopic (exact) mass is 375 g/mol. The van der Waals surface area contributed by atoms with E-state index in [0.717, 1.165) is 26.5 Å². The average molecular weight is 375 g/mol. The molecule has 0 radical (unpaired) electrons. The molecule has 2 aromatic heterocycles. The molecule has 0 N–H and O–H groups in total. The van der Waals surface area contributed by atoms with Crippen LogP contribution < -0.4 is 5.56 Å². The van der Waals surface area contributed by atoms with Gasteiger partial charge in [0.1, 0.15) is 12.1 Å². The number of para-hydroxylation sites is 1. The Morgan fingerprint density at radius 1 is 1.11 bits per heavy atom. The maximum atomic E-state index is 13.2. The fourth-order valence-electron chi connectivity index (χ4n) is 3.60. The number of carbonyl (C=O) groups is 1. The zero-order chi connectivity index (χ0) is 19.8. The van der Waals surface area contributed by atoms with Crippen LogP contribution in [0.2, 0.25) is 0 Å². The molecule has 0 unspecified atom stereocenters. The van der Waals surface area contributed by atoms with Gasteiger partial charge >= 0.3 is 5.97 Å². The first-order valence-corrected chi connectivity index (χ1v) is 9.09. The van der Waals surface area contributed by atoms with Crippen molar-refractivity contribution in [2.45, 2.75) is 26.9 Å². The second-order valence-electron chi connectivity index (χ2n) is 6.98. The molecule has 0 aliphatic rings. The lowest BCUT2D eigenvalue weighted by molar-refractivity contribution is -0.141. The van der Waals surface area contributed by atoms with Crippen molar-refractivity contribution < 1.29 is 9.53 Å². The highest BCUT2D eigenvalue weighted by molar-refractivity contribution is 6.07. The number of aromatic nitrogens is 3. The number of benzene rings is 2. The van der Waals surface area contributed by atoms with Crippen molar-refractivity contribution in [3.05, 3.63) is 75.7 Å². The molecule has 142 valence electrons. The number of esters is 1. The van der Waals surface area contributed by atoms with Gasteiger partial charge in [-0.15, -0.1) is 0 Å². The number of carbonyl (C=O) groups excluding carboxylic acids is 1. The van der Waals surface area contributed by atoms with Crippen LogP contribution in [0.4, 0.5) is 0 Å². The zero-order valence-corrected chi connectivity index (χ0v) is 16.1. The quantitative estimate of drug-likeness (QED) is 0.514. The Balaban J connectivity index is 1.99. The lowest BCUT2D eigenvalue weighted by atomic mass is 10.1. The molecule has 6 heteroatoms. The number of ether oxygens (including phenoxy) is 1. The molecule has 0 bridgehead atoms. The molecule has 0 saturated carbocycles.